The van der Waals surface area contributed by atoms with E-state index in [9.17, 15) is 19.2 Å². The van der Waals surface area contributed by atoms with Gasteiger partial charge in [-0.3, -0.25) is 19.3 Å². The third-order valence-corrected chi connectivity index (χ3v) is 8.96. The lowest BCUT2D eigenvalue weighted by Crippen LogP contribution is -2.40. The Morgan fingerprint density at radius 2 is 1.74 bits per heavy atom. The average molecular weight is 607 g/mol. The van der Waals surface area contributed by atoms with E-state index in [0.29, 0.717) is 47.0 Å². The molecular formula is C30H30N4O6S2. The predicted molar refractivity (Wildman–Crippen MR) is 160 cm³/mol. The van der Waals surface area contributed by atoms with Crippen LogP contribution in [-0.4, -0.2) is 57.7 Å². The molecule has 4 aromatic rings. The maximum Gasteiger partial charge on any atom is 0.341 e. The number of rotatable bonds is 12. The molecule has 2 aromatic heterocycles. The zero-order valence-electron chi connectivity index (χ0n) is 23.5. The van der Waals surface area contributed by atoms with E-state index in [1.807, 2.05) is 38.1 Å². The zero-order valence-corrected chi connectivity index (χ0v) is 25.2. The van der Waals surface area contributed by atoms with Crippen molar-refractivity contribution in [3.8, 4) is 0 Å². The Bertz CT molecular complexity index is 1630. The molecule has 218 valence electrons. The second kappa shape index (κ2) is 12.9. The van der Waals surface area contributed by atoms with Gasteiger partial charge in [-0.15, -0.1) is 21.5 Å². The molecule has 5 rings (SSSR count). The summed E-state index contributed by atoms with van der Waals surface area (Å²) in [6.07, 6.45) is 2.70. The molecule has 2 aromatic carbocycles. The first kappa shape index (κ1) is 29.5. The van der Waals surface area contributed by atoms with Gasteiger partial charge in [-0.25, -0.2) is 4.79 Å². The van der Waals surface area contributed by atoms with Gasteiger partial charge in [0.15, 0.2) is 0 Å². The van der Waals surface area contributed by atoms with Crippen LogP contribution in [0.3, 0.4) is 0 Å². The predicted octanol–water partition coefficient (Wildman–Crippen LogP) is 5.82. The van der Waals surface area contributed by atoms with Crippen LogP contribution in [0.5, 0.6) is 0 Å². The normalized spacial score (nSPS) is 12.7. The first-order valence-electron chi connectivity index (χ1n) is 13.7. The van der Waals surface area contributed by atoms with Gasteiger partial charge in [-0.1, -0.05) is 42.4 Å². The Kier molecular flexibility index (Phi) is 9.03. The summed E-state index contributed by atoms with van der Waals surface area (Å²) in [7, 11) is 0. The summed E-state index contributed by atoms with van der Waals surface area (Å²) in [4.78, 5) is 53.2. The molecule has 1 N–H and O–H groups in total. The highest BCUT2D eigenvalue weighted by molar-refractivity contribution is 7.99. The molecule has 0 atom stereocenters. The van der Waals surface area contributed by atoms with Gasteiger partial charge in [-0.05, 0) is 56.7 Å². The first-order valence-corrected chi connectivity index (χ1v) is 15.5. The fraction of sp³-hybridized carbons (Fsp3) is 0.333. The van der Waals surface area contributed by atoms with Crippen LogP contribution in [0.1, 0.15) is 73.6 Å². The van der Waals surface area contributed by atoms with Gasteiger partial charge in [-0.2, -0.15) is 0 Å². The minimum Gasteiger partial charge on any atom is -0.462 e. The minimum absolute atomic E-state index is 0.0363. The van der Waals surface area contributed by atoms with Crippen molar-refractivity contribution in [2.75, 3.05) is 24.2 Å². The van der Waals surface area contributed by atoms with Crippen LogP contribution in [-0.2, 0) is 16.0 Å². The molecule has 0 bridgehead atoms. The minimum atomic E-state index is -0.457. The highest BCUT2D eigenvalue weighted by atomic mass is 32.2. The number of carbonyl (C=O) groups excluding carboxylic acids is 4. The van der Waals surface area contributed by atoms with Crippen molar-refractivity contribution in [1.29, 1.82) is 0 Å². The number of thioether (sulfide) groups is 1. The Morgan fingerprint density at radius 1 is 1.02 bits per heavy atom. The molecule has 0 radical (unpaired) electrons. The molecular weight excluding hydrogens is 576 g/mol. The van der Waals surface area contributed by atoms with Gasteiger partial charge >= 0.3 is 5.97 Å². The number of amides is 3. The molecule has 0 aliphatic carbocycles. The molecule has 1 aliphatic heterocycles. The van der Waals surface area contributed by atoms with Gasteiger partial charge in [0.25, 0.3) is 17.0 Å². The fourth-order valence-corrected chi connectivity index (χ4v) is 6.50. The number of imide groups is 1. The molecule has 3 amide bonds. The third kappa shape index (κ3) is 6.09. The highest BCUT2D eigenvalue weighted by Gasteiger charge is 2.32. The largest absolute Gasteiger partial charge is 0.462 e. The van der Waals surface area contributed by atoms with Crippen molar-refractivity contribution >= 4 is 62.6 Å². The van der Waals surface area contributed by atoms with Crippen LogP contribution in [0, 0.1) is 13.8 Å². The SMILES string of the molecule is CCOC(=O)c1c(NC(=O)CSc2nnc(CCCCCN3C(=O)c4cccc5cccc(c45)C3=O)o2)sc(C)c1C. The van der Waals surface area contributed by atoms with E-state index in [0.717, 1.165) is 45.8 Å². The summed E-state index contributed by atoms with van der Waals surface area (Å²) < 4.78 is 10.8. The van der Waals surface area contributed by atoms with E-state index >= 15 is 0 Å². The average Bonchev–Trinajstić information content (AvgIpc) is 3.54. The number of nitrogens with one attached hydrogen (secondary N) is 1. The Labute approximate surface area is 250 Å². The van der Waals surface area contributed by atoms with Crippen molar-refractivity contribution in [2.24, 2.45) is 0 Å². The number of unbranched alkanes of at least 4 members (excludes halogenated alkanes) is 2. The number of hydrogen-bond donors (Lipinski definition) is 1. The van der Waals surface area contributed by atoms with Crippen LogP contribution in [0.15, 0.2) is 46.0 Å². The van der Waals surface area contributed by atoms with Crippen LogP contribution in [0.25, 0.3) is 10.8 Å². The molecule has 0 fully saturated rings. The number of ether oxygens (including phenoxy) is 1. The molecule has 10 nitrogen and oxygen atoms in total. The van der Waals surface area contributed by atoms with Crippen LogP contribution in [0.4, 0.5) is 5.00 Å². The molecule has 0 saturated carbocycles. The van der Waals surface area contributed by atoms with Gasteiger partial charge < -0.3 is 14.5 Å². The van der Waals surface area contributed by atoms with Crippen LogP contribution >= 0.6 is 23.1 Å². The van der Waals surface area contributed by atoms with Crippen LogP contribution < -0.4 is 5.32 Å². The van der Waals surface area contributed by atoms with Gasteiger partial charge in [0.2, 0.25) is 11.8 Å². The van der Waals surface area contributed by atoms with E-state index in [-0.39, 0.29) is 35.3 Å². The maximum absolute atomic E-state index is 13.0. The van der Waals surface area contributed by atoms with E-state index in [1.165, 1.54) is 16.2 Å². The molecule has 3 heterocycles. The molecule has 12 heteroatoms. The second-order valence-corrected chi connectivity index (χ2v) is 11.9. The fourth-order valence-electron chi connectivity index (χ4n) is 4.86. The smallest absolute Gasteiger partial charge is 0.341 e. The number of benzene rings is 2. The Morgan fingerprint density at radius 3 is 2.43 bits per heavy atom. The summed E-state index contributed by atoms with van der Waals surface area (Å²) in [5.41, 5.74) is 2.30. The monoisotopic (exact) mass is 606 g/mol. The standard InChI is InChI=1S/C30H30N4O6S2/c1-4-39-29(38)24-17(2)18(3)42-26(24)31-22(35)16-41-30-33-32-23(40-30)14-6-5-7-15-34-27(36)20-12-8-10-19-11-9-13-21(25(19)20)28(34)37/h8-13H,4-7,14-16H2,1-3H3,(H,31,35). The topological polar surface area (TPSA) is 132 Å². The quantitative estimate of drug-likeness (QED) is 0.0917. The third-order valence-electron chi connectivity index (χ3n) is 7.02. The molecule has 0 saturated heterocycles. The van der Waals surface area contributed by atoms with E-state index in [1.54, 1.807) is 19.1 Å². The number of anilines is 1. The summed E-state index contributed by atoms with van der Waals surface area (Å²) in [5, 5.41) is 13.2. The number of thiophene rings is 1. The van der Waals surface area contributed by atoms with Gasteiger partial charge in [0, 0.05) is 34.4 Å². The Hall–Kier alpha value is -4.03. The molecule has 1 aliphatic rings. The van der Waals surface area contributed by atoms with Crippen molar-refractivity contribution < 1.29 is 28.3 Å². The number of aryl methyl sites for hydroxylation is 2. The van der Waals surface area contributed by atoms with Crippen LogP contribution in [0.2, 0.25) is 0 Å². The lowest BCUT2D eigenvalue weighted by atomic mass is 9.94. The molecule has 0 unspecified atom stereocenters. The maximum atomic E-state index is 13.0. The van der Waals surface area contributed by atoms with Gasteiger partial charge in [0.1, 0.15) is 5.00 Å². The van der Waals surface area contributed by atoms with E-state index in [4.69, 9.17) is 9.15 Å². The highest BCUT2D eigenvalue weighted by Crippen LogP contribution is 2.33. The Balaban J connectivity index is 1.07. The number of esters is 1. The van der Waals surface area contributed by atoms with E-state index in [2.05, 4.69) is 15.5 Å². The summed E-state index contributed by atoms with van der Waals surface area (Å²) in [5.74, 6) is -0.776. The van der Waals surface area contributed by atoms with Crippen molar-refractivity contribution in [3.05, 3.63) is 69.4 Å². The first-order chi connectivity index (χ1) is 20.3. The lowest BCUT2D eigenvalue weighted by Gasteiger charge is -2.27. The van der Waals surface area contributed by atoms with Crippen molar-refractivity contribution in [2.45, 2.75) is 51.7 Å². The second-order valence-electron chi connectivity index (χ2n) is 9.79. The number of carbonyl (C=O) groups is 4. The number of aromatic nitrogens is 2. The number of hydrogen-bond acceptors (Lipinski definition) is 10. The summed E-state index contributed by atoms with van der Waals surface area (Å²) in [6.45, 7) is 6.04. The summed E-state index contributed by atoms with van der Waals surface area (Å²) >= 11 is 2.45. The van der Waals surface area contributed by atoms with Gasteiger partial charge in [0.05, 0.1) is 17.9 Å². The molecule has 0 spiro atoms. The lowest BCUT2D eigenvalue weighted by molar-refractivity contribution is -0.113. The number of nitrogens with zero attached hydrogens (tertiary/aromatic N) is 3. The summed E-state index contributed by atoms with van der Waals surface area (Å²) in [6, 6.07) is 11.0. The van der Waals surface area contributed by atoms with E-state index < -0.39 is 5.97 Å². The zero-order chi connectivity index (χ0) is 29.8. The molecule has 42 heavy (non-hydrogen) atoms. The van der Waals surface area contributed by atoms with Crippen molar-refractivity contribution in [1.82, 2.24) is 15.1 Å². The van der Waals surface area contributed by atoms with Crippen molar-refractivity contribution in [3.63, 3.8) is 0 Å².